The van der Waals surface area contributed by atoms with Crippen LogP contribution in [0.3, 0.4) is 0 Å². The molecule has 0 spiro atoms. The summed E-state index contributed by atoms with van der Waals surface area (Å²) < 4.78 is 5.06. The summed E-state index contributed by atoms with van der Waals surface area (Å²) in [6.45, 7) is 1.43. The molecule has 0 aromatic carbocycles. The van der Waals surface area contributed by atoms with Crippen LogP contribution in [-0.4, -0.2) is 56.5 Å². The number of hydrogen-bond acceptors (Lipinski definition) is 6. The third kappa shape index (κ3) is 4.11. The molecule has 130 valence electrons. The van der Waals surface area contributed by atoms with Crippen molar-refractivity contribution in [3.63, 3.8) is 0 Å². The van der Waals surface area contributed by atoms with E-state index in [0.29, 0.717) is 5.33 Å². The van der Waals surface area contributed by atoms with Gasteiger partial charge in [0.15, 0.2) is 5.05 Å². The molecule has 24 heavy (non-hydrogen) atoms. The van der Waals surface area contributed by atoms with Crippen molar-refractivity contribution in [3.8, 4) is 0 Å². The molecular weight excluding hydrogens is 420 g/mol. The van der Waals surface area contributed by atoms with Gasteiger partial charge in [-0.05, 0) is 23.7 Å². The Balaban J connectivity index is 2.03. The zero-order chi connectivity index (χ0) is 17.9. The largest absolute Gasteiger partial charge is 0.477 e. The number of aliphatic carboxylic acids is 1. The van der Waals surface area contributed by atoms with Crippen molar-refractivity contribution in [2.45, 2.75) is 31.7 Å². The van der Waals surface area contributed by atoms with Gasteiger partial charge >= 0.3 is 5.97 Å². The molecule has 0 saturated carbocycles. The van der Waals surface area contributed by atoms with Gasteiger partial charge in [-0.15, -0.1) is 11.3 Å². The number of halogens is 1. The van der Waals surface area contributed by atoms with Crippen LogP contribution in [0.1, 0.15) is 11.8 Å². The lowest BCUT2D eigenvalue weighted by Gasteiger charge is -2.48. The van der Waals surface area contributed by atoms with E-state index in [9.17, 15) is 19.5 Å². The summed E-state index contributed by atoms with van der Waals surface area (Å²) in [7, 11) is 0. The standard InChI is InChI=1S/C14H15BrN2O5S2/c1-7(23)22-13(14(20)21)17-9(6-15)11(12(17)19)16-10(18)5-8-3-2-4-24-8/h2-4,9,11,13H,5-6H2,1H3,(H,16,18)(H,20,21)/t9-,11+,13?/m0/s1. The fraction of sp³-hybridized carbons (Fsp3) is 0.429. The number of amides is 2. The number of carbonyl (C=O) groups excluding carboxylic acids is 2. The quantitative estimate of drug-likeness (QED) is 0.379. The SMILES string of the molecule is CC(=S)OC(C(=O)O)N1C(=O)[C@H](NC(=O)Cc2cccs2)[C@@H]1CBr. The molecule has 1 aliphatic rings. The van der Waals surface area contributed by atoms with Crippen LogP contribution >= 0.6 is 39.5 Å². The minimum atomic E-state index is -1.50. The van der Waals surface area contributed by atoms with Gasteiger partial charge in [-0.2, -0.15) is 0 Å². The summed E-state index contributed by atoms with van der Waals surface area (Å²) in [4.78, 5) is 37.6. The van der Waals surface area contributed by atoms with Gasteiger partial charge in [-0.25, -0.2) is 4.79 Å². The number of ether oxygens (including phenoxy) is 1. The Labute approximate surface area is 156 Å². The molecule has 1 unspecified atom stereocenters. The van der Waals surface area contributed by atoms with Crippen LogP contribution in [0.2, 0.25) is 0 Å². The van der Waals surface area contributed by atoms with Gasteiger partial charge in [-0.1, -0.05) is 22.0 Å². The third-order valence-electron chi connectivity index (χ3n) is 3.39. The number of thiophene rings is 1. The van der Waals surface area contributed by atoms with E-state index >= 15 is 0 Å². The van der Waals surface area contributed by atoms with E-state index in [1.54, 1.807) is 0 Å². The molecule has 1 aromatic rings. The molecule has 2 N–H and O–H groups in total. The van der Waals surface area contributed by atoms with Crippen molar-refractivity contribution in [1.29, 1.82) is 0 Å². The summed E-state index contributed by atoms with van der Waals surface area (Å²) in [6.07, 6.45) is -1.32. The van der Waals surface area contributed by atoms with Crippen LogP contribution in [0.15, 0.2) is 17.5 Å². The number of thiocarbonyl (C=S) groups is 1. The molecule has 0 radical (unpaired) electrons. The zero-order valence-corrected chi connectivity index (χ0v) is 15.8. The second kappa shape index (κ2) is 8.04. The van der Waals surface area contributed by atoms with Gasteiger partial charge in [0.05, 0.1) is 12.5 Å². The van der Waals surface area contributed by atoms with Gasteiger partial charge in [-0.3, -0.25) is 14.5 Å². The van der Waals surface area contributed by atoms with Crippen molar-refractivity contribution in [3.05, 3.63) is 22.4 Å². The van der Waals surface area contributed by atoms with Gasteiger partial charge in [0, 0.05) is 17.1 Å². The molecule has 1 saturated heterocycles. The maximum atomic E-state index is 12.3. The number of hydrogen-bond donors (Lipinski definition) is 2. The van der Waals surface area contributed by atoms with Gasteiger partial charge in [0.1, 0.15) is 6.04 Å². The van der Waals surface area contributed by atoms with E-state index in [1.165, 1.54) is 18.3 Å². The molecule has 0 bridgehead atoms. The Bertz CT molecular complexity index is 652. The maximum Gasteiger partial charge on any atom is 0.366 e. The number of carboxylic acid groups (broad SMARTS) is 1. The lowest BCUT2D eigenvalue weighted by atomic mass is 9.95. The van der Waals surface area contributed by atoms with Crippen LogP contribution in [0.5, 0.6) is 0 Å². The Morgan fingerprint density at radius 3 is 2.79 bits per heavy atom. The van der Waals surface area contributed by atoms with Gasteiger partial charge in [0.25, 0.3) is 12.1 Å². The maximum absolute atomic E-state index is 12.3. The molecule has 2 rings (SSSR count). The molecule has 2 heterocycles. The Kier molecular flexibility index (Phi) is 6.30. The smallest absolute Gasteiger partial charge is 0.366 e. The van der Waals surface area contributed by atoms with Crippen LogP contribution in [0.4, 0.5) is 0 Å². The highest BCUT2D eigenvalue weighted by Gasteiger charge is 2.53. The van der Waals surface area contributed by atoms with Crippen LogP contribution in [-0.2, 0) is 25.5 Å². The number of carbonyl (C=O) groups is 3. The molecule has 2 amide bonds. The summed E-state index contributed by atoms with van der Waals surface area (Å²) in [5.74, 6) is -2.12. The highest BCUT2D eigenvalue weighted by Crippen LogP contribution is 2.26. The fourth-order valence-corrected chi connectivity index (χ4v) is 3.84. The molecule has 7 nitrogen and oxygen atoms in total. The lowest BCUT2D eigenvalue weighted by Crippen LogP contribution is -2.75. The van der Waals surface area contributed by atoms with Crippen molar-refractivity contribution < 1.29 is 24.2 Å². The number of nitrogens with one attached hydrogen (secondary N) is 1. The van der Waals surface area contributed by atoms with E-state index in [-0.39, 0.29) is 17.4 Å². The summed E-state index contributed by atoms with van der Waals surface area (Å²) in [5, 5.41) is 14.1. The fourth-order valence-electron chi connectivity index (χ4n) is 2.36. The van der Waals surface area contributed by atoms with Crippen LogP contribution in [0, 0.1) is 0 Å². The van der Waals surface area contributed by atoms with Crippen molar-refractivity contribution >= 4 is 62.3 Å². The van der Waals surface area contributed by atoms with Crippen LogP contribution in [0.25, 0.3) is 0 Å². The van der Waals surface area contributed by atoms with E-state index in [2.05, 4.69) is 21.2 Å². The molecule has 3 atom stereocenters. The first-order valence-electron chi connectivity index (χ1n) is 6.95. The number of rotatable bonds is 7. The first kappa shape index (κ1) is 18.8. The average molecular weight is 435 g/mol. The van der Waals surface area contributed by atoms with Crippen molar-refractivity contribution in [2.24, 2.45) is 0 Å². The molecular formula is C14H15BrN2O5S2. The number of β-lactam (4-membered cyclic amide) rings is 1. The Hall–Kier alpha value is -1.52. The van der Waals surface area contributed by atoms with E-state index in [1.807, 2.05) is 17.5 Å². The monoisotopic (exact) mass is 434 g/mol. The van der Waals surface area contributed by atoms with Crippen molar-refractivity contribution in [2.75, 3.05) is 5.33 Å². The van der Waals surface area contributed by atoms with Crippen LogP contribution < -0.4 is 5.32 Å². The molecule has 1 fully saturated rings. The Morgan fingerprint density at radius 1 is 1.58 bits per heavy atom. The Morgan fingerprint density at radius 2 is 2.29 bits per heavy atom. The zero-order valence-electron chi connectivity index (χ0n) is 12.6. The predicted molar refractivity (Wildman–Crippen MR) is 95.2 cm³/mol. The van der Waals surface area contributed by atoms with E-state index in [4.69, 9.17) is 17.0 Å². The molecule has 10 heteroatoms. The summed E-state index contributed by atoms with van der Waals surface area (Å²) >= 11 is 9.45. The highest BCUT2D eigenvalue weighted by molar-refractivity contribution is 9.09. The normalized spacial score (nSPS) is 20.9. The topological polar surface area (TPSA) is 95.9 Å². The predicted octanol–water partition coefficient (Wildman–Crippen LogP) is 1.16. The average Bonchev–Trinajstić information content (AvgIpc) is 3.00. The summed E-state index contributed by atoms with van der Waals surface area (Å²) in [5.41, 5.74) is 0. The minimum absolute atomic E-state index is 0.0219. The van der Waals surface area contributed by atoms with E-state index in [0.717, 1.165) is 9.78 Å². The highest BCUT2D eigenvalue weighted by atomic mass is 79.9. The van der Waals surface area contributed by atoms with Gasteiger partial charge < -0.3 is 15.2 Å². The van der Waals surface area contributed by atoms with E-state index < -0.39 is 30.2 Å². The van der Waals surface area contributed by atoms with Crippen molar-refractivity contribution in [1.82, 2.24) is 10.2 Å². The third-order valence-corrected chi connectivity index (χ3v) is 5.03. The lowest BCUT2D eigenvalue weighted by molar-refractivity contribution is -0.180. The number of alkyl halides is 1. The number of carboxylic acids is 1. The molecule has 0 aliphatic carbocycles. The number of nitrogens with zero attached hydrogens (tertiary/aromatic N) is 1. The first-order chi connectivity index (χ1) is 11.3. The first-order valence-corrected chi connectivity index (χ1v) is 9.36. The minimum Gasteiger partial charge on any atom is -0.477 e. The molecule has 1 aromatic heterocycles. The molecule has 1 aliphatic heterocycles. The second-order valence-corrected chi connectivity index (χ2v) is 7.32. The van der Waals surface area contributed by atoms with Gasteiger partial charge in [0.2, 0.25) is 5.91 Å². The second-order valence-electron chi connectivity index (χ2n) is 5.07. The number of likely N-dealkylation sites (tertiary alicyclic amines) is 1. The summed E-state index contributed by atoms with van der Waals surface area (Å²) in [6, 6.07) is 2.36.